The number of carbonyl (C=O) groups is 1. The summed E-state index contributed by atoms with van der Waals surface area (Å²) in [6.45, 7) is 3.20. The number of likely N-dealkylation sites (N-methyl/N-ethyl adjacent to an activating group) is 1. The van der Waals surface area contributed by atoms with Crippen molar-refractivity contribution in [2.45, 2.75) is 24.7 Å². The van der Waals surface area contributed by atoms with Gasteiger partial charge in [0.2, 0.25) is 15.9 Å². The number of ether oxygens (including phenoxy) is 1. The number of nitrogens with zero attached hydrogens (tertiary/aromatic N) is 1. The van der Waals surface area contributed by atoms with Gasteiger partial charge in [0, 0.05) is 7.05 Å². The van der Waals surface area contributed by atoms with Gasteiger partial charge in [-0.1, -0.05) is 26.0 Å². The highest BCUT2D eigenvalue weighted by Crippen LogP contribution is 2.30. The van der Waals surface area contributed by atoms with E-state index in [0.29, 0.717) is 0 Å². The number of nitrogens with one attached hydrogen (secondary N) is 1. The molecule has 0 radical (unpaired) electrons. The minimum atomic E-state index is -4.09. The van der Waals surface area contributed by atoms with Crippen LogP contribution in [0.25, 0.3) is 0 Å². The highest BCUT2D eigenvalue weighted by Gasteiger charge is 2.27. The first kappa shape index (κ1) is 21.8. The number of hydrogen-bond donors (Lipinski definition) is 1. The van der Waals surface area contributed by atoms with Crippen molar-refractivity contribution in [2.24, 2.45) is 0 Å². The van der Waals surface area contributed by atoms with E-state index < -0.39 is 39.8 Å². The zero-order valence-corrected chi connectivity index (χ0v) is 16.8. The first-order valence-electron chi connectivity index (χ1n) is 8.46. The summed E-state index contributed by atoms with van der Waals surface area (Å²) in [7, 11) is -1.54. The molecule has 9 heteroatoms. The van der Waals surface area contributed by atoms with Crippen molar-refractivity contribution in [3.63, 3.8) is 0 Å². The van der Waals surface area contributed by atoms with Crippen LogP contribution in [0.3, 0.4) is 0 Å². The van der Waals surface area contributed by atoms with Crippen molar-refractivity contribution >= 4 is 21.6 Å². The van der Waals surface area contributed by atoms with E-state index in [9.17, 15) is 22.0 Å². The summed E-state index contributed by atoms with van der Waals surface area (Å²) in [5.41, 5.74) is 0.156. The SMILES string of the molecule is COc1ccc(C(C)C)cc1S(=O)(=O)N(C)CC(=O)Nc1c(F)cccc1F. The van der Waals surface area contributed by atoms with Crippen molar-refractivity contribution < 1.29 is 26.7 Å². The molecular formula is C19H22F2N2O4S. The van der Waals surface area contributed by atoms with E-state index in [0.717, 1.165) is 28.1 Å². The van der Waals surface area contributed by atoms with Gasteiger partial charge in [0.1, 0.15) is 28.0 Å². The van der Waals surface area contributed by atoms with Gasteiger partial charge in [0.15, 0.2) is 0 Å². The maximum Gasteiger partial charge on any atom is 0.246 e. The summed E-state index contributed by atoms with van der Waals surface area (Å²) >= 11 is 0. The summed E-state index contributed by atoms with van der Waals surface area (Å²) < 4.78 is 59.1. The monoisotopic (exact) mass is 412 g/mol. The molecule has 0 bridgehead atoms. The Morgan fingerprint density at radius 1 is 1.18 bits per heavy atom. The molecule has 0 fully saturated rings. The van der Waals surface area contributed by atoms with Gasteiger partial charge in [0.05, 0.1) is 13.7 Å². The molecule has 2 aromatic carbocycles. The second-order valence-corrected chi connectivity index (χ2v) is 8.48. The summed E-state index contributed by atoms with van der Waals surface area (Å²) in [5.74, 6) is -2.57. The van der Waals surface area contributed by atoms with Crippen molar-refractivity contribution in [3.05, 3.63) is 53.6 Å². The number of methoxy groups -OCH3 is 1. The van der Waals surface area contributed by atoms with E-state index in [4.69, 9.17) is 4.74 Å². The predicted molar refractivity (Wildman–Crippen MR) is 102 cm³/mol. The maximum absolute atomic E-state index is 13.7. The molecule has 152 valence electrons. The minimum Gasteiger partial charge on any atom is -0.495 e. The van der Waals surface area contributed by atoms with Gasteiger partial charge in [-0.25, -0.2) is 17.2 Å². The number of hydrogen-bond acceptors (Lipinski definition) is 4. The smallest absolute Gasteiger partial charge is 0.246 e. The molecule has 0 aliphatic heterocycles. The largest absolute Gasteiger partial charge is 0.495 e. The molecule has 0 aromatic heterocycles. The van der Waals surface area contributed by atoms with Crippen LogP contribution in [0.5, 0.6) is 5.75 Å². The van der Waals surface area contributed by atoms with Crippen molar-refractivity contribution in [3.8, 4) is 5.75 Å². The second-order valence-electron chi connectivity index (χ2n) is 6.47. The maximum atomic E-state index is 13.7. The molecule has 0 aliphatic carbocycles. The fourth-order valence-electron chi connectivity index (χ4n) is 2.51. The lowest BCUT2D eigenvalue weighted by atomic mass is 10.0. The predicted octanol–water partition coefficient (Wildman–Crippen LogP) is 3.36. The molecule has 0 unspecified atom stereocenters. The van der Waals surface area contributed by atoms with E-state index >= 15 is 0 Å². The van der Waals surface area contributed by atoms with E-state index in [-0.39, 0.29) is 16.6 Å². The Morgan fingerprint density at radius 3 is 2.32 bits per heavy atom. The van der Waals surface area contributed by atoms with Crippen LogP contribution in [0, 0.1) is 11.6 Å². The fourth-order valence-corrected chi connectivity index (χ4v) is 3.82. The molecule has 1 N–H and O–H groups in total. The Kier molecular flexibility index (Phi) is 6.73. The lowest BCUT2D eigenvalue weighted by Gasteiger charge is -2.20. The molecule has 28 heavy (non-hydrogen) atoms. The van der Waals surface area contributed by atoms with Gasteiger partial charge in [-0.05, 0) is 35.7 Å². The van der Waals surface area contributed by atoms with Gasteiger partial charge >= 0.3 is 0 Å². The zero-order valence-electron chi connectivity index (χ0n) is 16.0. The van der Waals surface area contributed by atoms with Gasteiger partial charge in [0.25, 0.3) is 0 Å². The third-order valence-corrected chi connectivity index (χ3v) is 5.96. The quantitative estimate of drug-likeness (QED) is 0.757. The van der Waals surface area contributed by atoms with Gasteiger partial charge < -0.3 is 10.1 Å². The molecule has 2 rings (SSSR count). The van der Waals surface area contributed by atoms with Crippen LogP contribution in [0.1, 0.15) is 25.3 Å². The standard InChI is InChI=1S/C19H22F2N2O4S/c1-12(2)13-8-9-16(27-4)17(10-13)28(25,26)23(3)11-18(24)22-19-14(20)6-5-7-15(19)21/h5-10,12H,11H2,1-4H3,(H,22,24). The lowest BCUT2D eigenvalue weighted by molar-refractivity contribution is -0.116. The highest BCUT2D eigenvalue weighted by molar-refractivity contribution is 7.89. The average Bonchev–Trinajstić information content (AvgIpc) is 2.64. The highest BCUT2D eigenvalue weighted by atomic mass is 32.2. The Morgan fingerprint density at radius 2 is 1.79 bits per heavy atom. The Hall–Kier alpha value is -2.52. The number of para-hydroxylation sites is 1. The molecule has 1 amide bonds. The van der Waals surface area contributed by atoms with E-state index in [2.05, 4.69) is 5.32 Å². The topological polar surface area (TPSA) is 75.7 Å². The fraction of sp³-hybridized carbons (Fsp3) is 0.316. The normalized spacial score (nSPS) is 11.7. The second kappa shape index (κ2) is 8.66. The minimum absolute atomic E-state index is 0.0810. The van der Waals surface area contributed by atoms with Gasteiger partial charge in [-0.3, -0.25) is 4.79 Å². The zero-order chi connectivity index (χ0) is 21.1. The van der Waals surface area contributed by atoms with E-state index in [1.54, 1.807) is 12.1 Å². The number of anilines is 1. The number of amides is 1. The molecule has 6 nitrogen and oxygen atoms in total. The third-order valence-electron chi connectivity index (χ3n) is 4.14. The Bertz CT molecular complexity index is 958. The first-order chi connectivity index (χ1) is 13.1. The lowest BCUT2D eigenvalue weighted by Crippen LogP contribution is -2.35. The average molecular weight is 412 g/mol. The summed E-state index contributed by atoms with van der Waals surface area (Å²) in [6, 6.07) is 7.93. The molecule has 0 aliphatic rings. The van der Waals surface area contributed by atoms with E-state index in [1.165, 1.54) is 20.2 Å². The Balaban J connectivity index is 2.27. The number of halogens is 2. The summed E-state index contributed by atoms with van der Waals surface area (Å²) in [5, 5.41) is 2.06. The Labute approximate surface area is 163 Å². The molecule has 0 heterocycles. The van der Waals surface area contributed by atoms with Crippen molar-refractivity contribution in [1.82, 2.24) is 4.31 Å². The molecule has 0 spiro atoms. The summed E-state index contributed by atoms with van der Waals surface area (Å²) in [6.07, 6.45) is 0. The molecule has 0 saturated carbocycles. The van der Waals surface area contributed by atoms with Crippen LogP contribution in [-0.2, 0) is 14.8 Å². The van der Waals surface area contributed by atoms with Gasteiger partial charge in [-0.15, -0.1) is 0 Å². The molecule has 0 saturated heterocycles. The van der Waals surface area contributed by atoms with Crippen LogP contribution in [-0.4, -0.2) is 39.3 Å². The molecule has 2 aromatic rings. The van der Waals surface area contributed by atoms with Gasteiger partial charge in [-0.2, -0.15) is 4.31 Å². The van der Waals surface area contributed by atoms with Crippen LogP contribution < -0.4 is 10.1 Å². The van der Waals surface area contributed by atoms with Crippen molar-refractivity contribution in [2.75, 3.05) is 26.0 Å². The summed E-state index contributed by atoms with van der Waals surface area (Å²) in [4.78, 5) is 12.1. The van der Waals surface area contributed by atoms with E-state index in [1.807, 2.05) is 13.8 Å². The number of sulfonamides is 1. The van der Waals surface area contributed by atoms with Crippen LogP contribution in [0.2, 0.25) is 0 Å². The van der Waals surface area contributed by atoms with Crippen LogP contribution >= 0.6 is 0 Å². The van der Waals surface area contributed by atoms with Crippen molar-refractivity contribution in [1.29, 1.82) is 0 Å². The third kappa shape index (κ3) is 4.66. The number of benzene rings is 2. The first-order valence-corrected chi connectivity index (χ1v) is 9.90. The molecule has 0 atom stereocenters. The van der Waals surface area contributed by atoms with Crippen LogP contribution in [0.4, 0.5) is 14.5 Å². The number of rotatable bonds is 7. The van der Waals surface area contributed by atoms with Crippen LogP contribution in [0.15, 0.2) is 41.3 Å². The number of carbonyl (C=O) groups excluding carboxylic acids is 1. The molecular weight excluding hydrogens is 390 g/mol.